The van der Waals surface area contributed by atoms with Gasteiger partial charge in [-0.25, -0.2) is 9.78 Å². The van der Waals surface area contributed by atoms with Crippen molar-refractivity contribution in [3.63, 3.8) is 0 Å². The monoisotopic (exact) mass is 578 g/mol. The van der Waals surface area contributed by atoms with E-state index >= 15 is 0 Å². The van der Waals surface area contributed by atoms with Gasteiger partial charge in [0, 0.05) is 6.54 Å². The van der Waals surface area contributed by atoms with E-state index < -0.39 is 35.4 Å². The molecule has 0 aliphatic heterocycles. The fraction of sp³-hybridized carbons (Fsp3) is 0.308. The largest absolute Gasteiger partial charge is 0.444 e. The molecule has 0 saturated heterocycles. The maximum atomic E-state index is 13.4. The Morgan fingerprint density at radius 2 is 1.73 bits per heavy atom. The molecule has 37 heavy (non-hydrogen) atoms. The minimum Gasteiger partial charge on any atom is -0.444 e. The van der Waals surface area contributed by atoms with Gasteiger partial charge in [-0.2, -0.15) is 13.2 Å². The van der Waals surface area contributed by atoms with E-state index in [0.29, 0.717) is 21.3 Å². The Balaban J connectivity index is 1.82. The lowest BCUT2D eigenvalue weighted by Gasteiger charge is -2.20. The highest BCUT2D eigenvalue weighted by Crippen LogP contribution is 2.34. The van der Waals surface area contributed by atoms with Gasteiger partial charge in [0.25, 0.3) is 5.91 Å². The van der Waals surface area contributed by atoms with Crippen LogP contribution in [0.25, 0.3) is 11.1 Å². The number of hydrogen-bond donors (Lipinski definition) is 2. The van der Waals surface area contributed by atoms with Crippen molar-refractivity contribution in [3.05, 3.63) is 81.8 Å². The maximum absolute atomic E-state index is 13.4. The first-order valence-electron chi connectivity index (χ1n) is 11.3. The first kappa shape index (κ1) is 28.1. The second kappa shape index (κ2) is 11.3. The van der Waals surface area contributed by atoms with Crippen LogP contribution in [0.15, 0.2) is 59.5 Å². The quantitative estimate of drug-likeness (QED) is 0.351. The van der Waals surface area contributed by atoms with E-state index in [-0.39, 0.29) is 12.2 Å². The van der Waals surface area contributed by atoms with Crippen LogP contribution in [-0.2, 0) is 17.5 Å². The number of ether oxygens (including phenoxy) is 1. The van der Waals surface area contributed by atoms with Crippen molar-refractivity contribution in [1.29, 1.82) is 0 Å². The molecule has 3 aromatic rings. The molecule has 0 saturated carbocycles. The summed E-state index contributed by atoms with van der Waals surface area (Å²) in [5, 5.41) is 5.41. The number of amides is 2. The van der Waals surface area contributed by atoms with Crippen LogP contribution in [0, 0.1) is 0 Å². The molecule has 11 heteroatoms. The molecule has 0 radical (unpaired) electrons. The molecule has 1 aromatic heterocycles. The minimum atomic E-state index is -4.53. The summed E-state index contributed by atoms with van der Waals surface area (Å²) in [5.41, 5.74) is 0.693. The third-order valence-corrected chi connectivity index (χ3v) is 5.55. The number of hydrogen-bond acceptors (Lipinski definition) is 5. The number of aromatic nitrogens is 2. The van der Waals surface area contributed by atoms with E-state index in [9.17, 15) is 22.8 Å². The zero-order valence-corrected chi connectivity index (χ0v) is 22.2. The Morgan fingerprint density at radius 1 is 1.05 bits per heavy atom. The molecule has 0 aliphatic carbocycles. The number of benzene rings is 2. The van der Waals surface area contributed by atoms with Gasteiger partial charge in [0.05, 0.1) is 24.0 Å². The van der Waals surface area contributed by atoms with Gasteiger partial charge in [-0.3, -0.25) is 9.78 Å². The van der Waals surface area contributed by atoms with E-state index in [1.54, 1.807) is 52.0 Å². The smallest absolute Gasteiger partial charge is 0.416 e. The first-order chi connectivity index (χ1) is 17.2. The summed E-state index contributed by atoms with van der Waals surface area (Å²) in [6.07, 6.45) is -2.39. The topological polar surface area (TPSA) is 93.2 Å². The fourth-order valence-corrected chi connectivity index (χ4v) is 3.72. The molecule has 1 heterocycles. The van der Waals surface area contributed by atoms with Crippen LogP contribution in [0.5, 0.6) is 0 Å². The third-order valence-electron chi connectivity index (χ3n) is 5.17. The van der Waals surface area contributed by atoms with Crippen molar-refractivity contribution in [1.82, 2.24) is 20.6 Å². The average Bonchev–Trinajstić information content (AvgIpc) is 2.81. The number of carbonyl (C=O) groups excluding carboxylic acids is 2. The summed E-state index contributed by atoms with van der Waals surface area (Å²) in [5.74, 6) is -0.418. The highest BCUT2D eigenvalue weighted by Gasteiger charge is 2.31. The highest BCUT2D eigenvalue weighted by molar-refractivity contribution is 9.10. The SMILES string of the molecule is C[C@@H](NC(=O)c1cncc(Br)n1)c1ccc(-c2cc(C(F)(F)F)ccc2CNC(=O)OC(C)(C)C)cc1. The Kier molecular flexibility index (Phi) is 8.57. The predicted octanol–water partition coefficient (Wildman–Crippen LogP) is 6.44. The zero-order chi connectivity index (χ0) is 27.4. The Hall–Kier alpha value is -3.47. The molecule has 1 atom stereocenters. The van der Waals surface area contributed by atoms with Crippen LogP contribution < -0.4 is 10.6 Å². The zero-order valence-electron chi connectivity index (χ0n) is 20.6. The molecule has 0 spiro atoms. The molecule has 3 rings (SSSR count). The van der Waals surface area contributed by atoms with Crippen LogP contribution in [0.4, 0.5) is 18.0 Å². The molecule has 0 aliphatic rings. The molecule has 0 fully saturated rings. The lowest BCUT2D eigenvalue weighted by molar-refractivity contribution is -0.137. The van der Waals surface area contributed by atoms with Crippen LogP contribution >= 0.6 is 15.9 Å². The number of alkyl halides is 3. The van der Waals surface area contributed by atoms with E-state index in [1.807, 2.05) is 0 Å². The summed E-state index contributed by atoms with van der Waals surface area (Å²) in [6.45, 7) is 6.90. The summed E-state index contributed by atoms with van der Waals surface area (Å²) in [4.78, 5) is 32.5. The number of rotatable bonds is 6. The summed E-state index contributed by atoms with van der Waals surface area (Å²) in [6, 6.07) is 9.75. The third kappa shape index (κ3) is 8.01. The van der Waals surface area contributed by atoms with Crippen LogP contribution in [0.3, 0.4) is 0 Å². The molecular weight excluding hydrogens is 553 g/mol. The minimum absolute atomic E-state index is 0.0235. The highest BCUT2D eigenvalue weighted by atomic mass is 79.9. The number of alkyl carbamates (subject to hydrolysis) is 1. The molecule has 2 amide bonds. The van der Waals surface area contributed by atoms with E-state index in [2.05, 4.69) is 36.5 Å². The predicted molar refractivity (Wildman–Crippen MR) is 136 cm³/mol. The second-order valence-corrected chi connectivity index (χ2v) is 10.1. The van der Waals surface area contributed by atoms with Gasteiger partial charge in [0.2, 0.25) is 0 Å². The van der Waals surface area contributed by atoms with Crippen molar-refractivity contribution >= 4 is 27.9 Å². The lowest BCUT2D eigenvalue weighted by atomic mass is 9.95. The number of nitrogens with zero attached hydrogens (tertiary/aromatic N) is 2. The van der Waals surface area contributed by atoms with E-state index in [0.717, 1.165) is 17.7 Å². The van der Waals surface area contributed by atoms with Gasteiger partial charge in [0.15, 0.2) is 0 Å². The second-order valence-electron chi connectivity index (χ2n) is 9.27. The standard InChI is InChI=1S/C26H26BrF3N4O3/c1-15(33-23(35)21-13-31-14-22(27)34-21)16-5-7-17(8-6-16)20-11-19(26(28,29)30)10-9-18(20)12-32-24(36)37-25(2,3)4/h5-11,13-15H,12H2,1-4H3,(H,32,36)(H,33,35)/t15-/m1/s1. The van der Waals surface area contributed by atoms with Crippen LogP contribution in [-0.4, -0.2) is 27.6 Å². The summed E-state index contributed by atoms with van der Waals surface area (Å²) < 4.78 is 45.9. The molecule has 0 unspecified atom stereocenters. The molecular formula is C26H26BrF3N4O3. The van der Waals surface area contributed by atoms with Crippen LogP contribution in [0.2, 0.25) is 0 Å². The average molecular weight is 579 g/mol. The van der Waals surface area contributed by atoms with Gasteiger partial charge in [0.1, 0.15) is 15.9 Å². The maximum Gasteiger partial charge on any atom is 0.416 e. The Morgan fingerprint density at radius 3 is 2.32 bits per heavy atom. The van der Waals surface area contributed by atoms with Gasteiger partial charge >= 0.3 is 12.3 Å². The van der Waals surface area contributed by atoms with Gasteiger partial charge < -0.3 is 15.4 Å². The van der Waals surface area contributed by atoms with Crippen molar-refractivity contribution in [2.24, 2.45) is 0 Å². The number of halogens is 4. The van der Waals surface area contributed by atoms with Crippen molar-refractivity contribution in [3.8, 4) is 11.1 Å². The fourth-order valence-electron chi connectivity index (χ4n) is 3.41. The lowest BCUT2D eigenvalue weighted by Crippen LogP contribution is -2.32. The normalized spacial score (nSPS) is 12.5. The summed E-state index contributed by atoms with van der Waals surface area (Å²) >= 11 is 3.17. The van der Waals surface area contributed by atoms with Gasteiger partial charge in [-0.1, -0.05) is 30.3 Å². The molecule has 196 valence electrons. The number of carbonyl (C=O) groups is 2. The van der Waals surface area contributed by atoms with E-state index in [1.165, 1.54) is 18.5 Å². The van der Waals surface area contributed by atoms with Gasteiger partial charge in [-0.15, -0.1) is 0 Å². The number of nitrogens with one attached hydrogen (secondary N) is 2. The van der Waals surface area contributed by atoms with Crippen LogP contribution in [0.1, 0.15) is 60.9 Å². The van der Waals surface area contributed by atoms with Crippen molar-refractivity contribution < 1.29 is 27.5 Å². The van der Waals surface area contributed by atoms with Crippen molar-refractivity contribution in [2.75, 3.05) is 0 Å². The molecule has 2 aromatic carbocycles. The molecule has 7 nitrogen and oxygen atoms in total. The Bertz CT molecular complexity index is 1280. The molecule has 2 N–H and O–H groups in total. The van der Waals surface area contributed by atoms with E-state index in [4.69, 9.17) is 4.74 Å². The Labute approximate surface area is 221 Å². The van der Waals surface area contributed by atoms with Gasteiger partial charge in [-0.05, 0) is 78.0 Å². The molecule has 0 bridgehead atoms. The summed E-state index contributed by atoms with van der Waals surface area (Å²) in [7, 11) is 0. The van der Waals surface area contributed by atoms with Crippen molar-refractivity contribution in [2.45, 2.75) is 52.1 Å². The first-order valence-corrected chi connectivity index (χ1v) is 12.1.